The molecule has 3 nitrogen and oxygen atoms in total. The lowest BCUT2D eigenvalue weighted by molar-refractivity contribution is 0.119. The fourth-order valence-corrected chi connectivity index (χ4v) is 1.67. The third kappa shape index (κ3) is 2.47. The molecule has 0 N–H and O–H groups in total. The van der Waals surface area contributed by atoms with Crippen LogP contribution in [-0.2, 0) is 4.74 Å². The van der Waals surface area contributed by atoms with Crippen LogP contribution in [0, 0.1) is 0 Å². The molecule has 1 aliphatic rings. The second-order valence-corrected chi connectivity index (χ2v) is 3.28. The summed E-state index contributed by atoms with van der Waals surface area (Å²) >= 11 is 0. The average molecular weight is 183 g/mol. The van der Waals surface area contributed by atoms with E-state index in [1.54, 1.807) is 4.90 Å². The second-order valence-electron chi connectivity index (χ2n) is 3.28. The molecule has 0 bridgehead atoms. The van der Waals surface area contributed by atoms with Gasteiger partial charge in [-0.2, -0.15) is 0 Å². The van der Waals surface area contributed by atoms with Gasteiger partial charge in [0.05, 0.1) is 7.11 Å². The molecule has 0 spiro atoms. The van der Waals surface area contributed by atoms with Gasteiger partial charge in [-0.25, -0.2) is 4.79 Å². The Morgan fingerprint density at radius 2 is 2.46 bits per heavy atom. The van der Waals surface area contributed by atoms with Crippen molar-refractivity contribution in [3.05, 3.63) is 12.3 Å². The molecule has 3 heteroatoms. The van der Waals surface area contributed by atoms with E-state index in [0.717, 1.165) is 25.7 Å². The summed E-state index contributed by atoms with van der Waals surface area (Å²) < 4.78 is 4.70. The summed E-state index contributed by atoms with van der Waals surface area (Å²) in [5, 5.41) is 0. The zero-order valence-electron chi connectivity index (χ0n) is 8.32. The minimum absolute atomic E-state index is 0.241. The van der Waals surface area contributed by atoms with Gasteiger partial charge in [0, 0.05) is 12.2 Å². The molecule has 74 valence electrons. The van der Waals surface area contributed by atoms with Crippen molar-refractivity contribution < 1.29 is 9.53 Å². The summed E-state index contributed by atoms with van der Waals surface area (Å²) in [5.41, 5.74) is 0. The van der Waals surface area contributed by atoms with Crippen molar-refractivity contribution in [3.63, 3.8) is 0 Å². The summed E-state index contributed by atoms with van der Waals surface area (Å²) in [5.74, 6) is 0. The van der Waals surface area contributed by atoms with Gasteiger partial charge < -0.3 is 4.74 Å². The number of hydrogen-bond donors (Lipinski definition) is 0. The summed E-state index contributed by atoms with van der Waals surface area (Å²) in [6.07, 6.45) is 7.90. The van der Waals surface area contributed by atoms with Crippen molar-refractivity contribution in [2.24, 2.45) is 0 Å². The number of ether oxygens (including phenoxy) is 1. The molecule has 0 aromatic carbocycles. The van der Waals surface area contributed by atoms with Gasteiger partial charge in [0.25, 0.3) is 0 Å². The predicted octanol–water partition coefficient (Wildman–Crippen LogP) is 2.53. The van der Waals surface area contributed by atoms with Gasteiger partial charge in [0.1, 0.15) is 0 Å². The van der Waals surface area contributed by atoms with Crippen LogP contribution in [0.25, 0.3) is 0 Å². The van der Waals surface area contributed by atoms with E-state index >= 15 is 0 Å². The van der Waals surface area contributed by atoms with Crippen LogP contribution in [0.2, 0.25) is 0 Å². The molecule has 0 aromatic rings. The van der Waals surface area contributed by atoms with E-state index in [4.69, 9.17) is 4.74 Å². The standard InChI is InChI=1S/C10H17NO2/c1-3-6-9-7-4-5-8-11(9)10(12)13-2/h5,8-9H,3-4,6-7H2,1-2H3/t9-/m1/s1. The van der Waals surface area contributed by atoms with Crippen molar-refractivity contribution in [1.29, 1.82) is 0 Å². The highest BCUT2D eigenvalue weighted by Gasteiger charge is 2.23. The van der Waals surface area contributed by atoms with Crippen molar-refractivity contribution in [2.45, 2.75) is 38.6 Å². The Labute approximate surface area is 79.4 Å². The predicted molar refractivity (Wildman–Crippen MR) is 51.3 cm³/mol. The lowest BCUT2D eigenvalue weighted by Crippen LogP contribution is -2.37. The number of carbonyl (C=O) groups excluding carboxylic acids is 1. The van der Waals surface area contributed by atoms with E-state index in [1.165, 1.54) is 7.11 Å². The Morgan fingerprint density at radius 1 is 1.69 bits per heavy atom. The molecule has 1 atom stereocenters. The van der Waals surface area contributed by atoms with Crippen LogP contribution in [0.5, 0.6) is 0 Å². The molecule has 0 saturated heterocycles. The normalized spacial score (nSPS) is 21.7. The molecule has 0 aliphatic carbocycles. The first-order chi connectivity index (χ1) is 6.29. The van der Waals surface area contributed by atoms with Gasteiger partial charge in [0.15, 0.2) is 0 Å². The number of nitrogens with zero attached hydrogens (tertiary/aromatic N) is 1. The van der Waals surface area contributed by atoms with Crippen LogP contribution in [-0.4, -0.2) is 24.1 Å². The smallest absolute Gasteiger partial charge is 0.413 e. The van der Waals surface area contributed by atoms with Crippen molar-refractivity contribution >= 4 is 6.09 Å². The topological polar surface area (TPSA) is 29.5 Å². The summed E-state index contributed by atoms with van der Waals surface area (Å²) in [6, 6.07) is 0.336. The molecule has 1 aliphatic heterocycles. The third-order valence-corrected chi connectivity index (χ3v) is 2.33. The highest BCUT2D eigenvalue weighted by atomic mass is 16.5. The highest BCUT2D eigenvalue weighted by Crippen LogP contribution is 2.19. The number of methoxy groups -OCH3 is 1. The monoisotopic (exact) mass is 183 g/mol. The summed E-state index contributed by atoms with van der Waals surface area (Å²) in [4.78, 5) is 13.0. The molecule has 1 heterocycles. The SMILES string of the molecule is CCC[C@@H]1CCC=CN1C(=O)OC. The van der Waals surface area contributed by atoms with Gasteiger partial charge in [0.2, 0.25) is 0 Å². The third-order valence-electron chi connectivity index (χ3n) is 2.33. The van der Waals surface area contributed by atoms with Crippen molar-refractivity contribution in [3.8, 4) is 0 Å². The Balaban J connectivity index is 2.60. The molecule has 13 heavy (non-hydrogen) atoms. The van der Waals surface area contributed by atoms with Gasteiger partial charge in [-0.05, 0) is 19.3 Å². The maximum absolute atomic E-state index is 11.3. The molecule has 0 radical (unpaired) electrons. The largest absolute Gasteiger partial charge is 0.452 e. The highest BCUT2D eigenvalue weighted by molar-refractivity contribution is 5.69. The van der Waals surface area contributed by atoms with Crippen LogP contribution >= 0.6 is 0 Å². The minimum Gasteiger partial charge on any atom is -0.452 e. The van der Waals surface area contributed by atoms with E-state index in [9.17, 15) is 4.79 Å². The van der Waals surface area contributed by atoms with Gasteiger partial charge in [-0.1, -0.05) is 19.4 Å². The number of allylic oxidation sites excluding steroid dienone is 1. The Hall–Kier alpha value is -0.990. The minimum atomic E-state index is -0.241. The maximum atomic E-state index is 11.3. The average Bonchev–Trinajstić information content (AvgIpc) is 2.18. The van der Waals surface area contributed by atoms with Crippen LogP contribution in [0.3, 0.4) is 0 Å². The van der Waals surface area contributed by atoms with Crippen LogP contribution < -0.4 is 0 Å². The first-order valence-electron chi connectivity index (χ1n) is 4.82. The van der Waals surface area contributed by atoms with Gasteiger partial charge in [-0.3, -0.25) is 4.90 Å². The van der Waals surface area contributed by atoms with Crippen LogP contribution in [0.15, 0.2) is 12.3 Å². The fourth-order valence-electron chi connectivity index (χ4n) is 1.67. The first-order valence-corrected chi connectivity index (χ1v) is 4.82. The maximum Gasteiger partial charge on any atom is 0.413 e. The molecular weight excluding hydrogens is 166 g/mol. The zero-order valence-corrected chi connectivity index (χ0v) is 8.32. The van der Waals surface area contributed by atoms with Crippen LogP contribution in [0.1, 0.15) is 32.6 Å². The summed E-state index contributed by atoms with van der Waals surface area (Å²) in [7, 11) is 1.42. The molecule has 0 saturated carbocycles. The molecular formula is C10H17NO2. The van der Waals surface area contributed by atoms with E-state index in [2.05, 4.69) is 6.92 Å². The molecule has 0 fully saturated rings. The number of carbonyl (C=O) groups is 1. The van der Waals surface area contributed by atoms with E-state index < -0.39 is 0 Å². The van der Waals surface area contributed by atoms with E-state index in [0.29, 0.717) is 6.04 Å². The molecule has 0 aromatic heterocycles. The van der Waals surface area contributed by atoms with Crippen molar-refractivity contribution in [2.75, 3.05) is 7.11 Å². The molecule has 1 amide bonds. The Kier molecular flexibility index (Phi) is 3.80. The number of rotatable bonds is 2. The van der Waals surface area contributed by atoms with Gasteiger partial charge in [-0.15, -0.1) is 0 Å². The van der Waals surface area contributed by atoms with Crippen LogP contribution in [0.4, 0.5) is 4.79 Å². The fraction of sp³-hybridized carbons (Fsp3) is 0.700. The van der Waals surface area contributed by atoms with E-state index in [-0.39, 0.29) is 6.09 Å². The quantitative estimate of drug-likeness (QED) is 0.658. The number of amides is 1. The van der Waals surface area contributed by atoms with Crippen molar-refractivity contribution in [1.82, 2.24) is 4.90 Å². The Morgan fingerprint density at radius 3 is 3.08 bits per heavy atom. The van der Waals surface area contributed by atoms with E-state index in [1.807, 2.05) is 12.3 Å². The molecule has 1 rings (SSSR count). The first kappa shape index (κ1) is 10.1. The van der Waals surface area contributed by atoms with Gasteiger partial charge >= 0.3 is 6.09 Å². The lowest BCUT2D eigenvalue weighted by atomic mass is 10.0. The molecule has 0 unspecified atom stereocenters. The Bertz CT molecular complexity index is 201. The number of hydrogen-bond acceptors (Lipinski definition) is 2. The lowest BCUT2D eigenvalue weighted by Gasteiger charge is -2.29. The second kappa shape index (κ2) is 4.90. The summed E-state index contributed by atoms with van der Waals surface area (Å²) in [6.45, 7) is 2.13. The zero-order chi connectivity index (χ0) is 9.68.